The van der Waals surface area contributed by atoms with Crippen molar-refractivity contribution in [2.45, 2.75) is 56.7 Å². The Balaban J connectivity index is 1.70. The second kappa shape index (κ2) is 6.08. The van der Waals surface area contributed by atoms with Crippen LogP contribution in [-0.2, 0) is 10.0 Å². The van der Waals surface area contributed by atoms with Gasteiger partial charge in [-0.2, -0.15) is 0 Å². The van der Waals surface area contributed by atoms with Crippen molar-refractivity contribution in [2.75, 3.05) is 19.7 Å². The summed E-state index contributed by atoms with van der Waals surface area (Å²) < 4.78 is 26.1. The molecule has 0 aliphatic heterocycles. The van der Waals surface area contributed by atoms with Gasteiger partial charge in [-0.25, -0.2) is 13.1 Å². The SMILES string of the molecule is CC(CNS(=O)(=O)C1CC1)NCC1(CO)CCCC1. The summed E-state index contributed by atoms with van der Waals surface area (Å²) in [6.07, 6.45) is 6.10. The normalized spacial score (nSPS) is 24.5. The largest absolute Gasteiger partial charge is 0.396 e. The quantitative estimate of drug-likeness (QED) is 0.612. The van der Waals surface area contributed by atoms with E-state index in [0.717, 1.165) is 32.2 Å². The summed E-state index contributed by atoms with van der Waals surface area (Å²) in [5.41, 5.74) is 0.0175. The molecule has 0 spiro atoms. The van der Waals surface area contributed by atoms with Crippen molar-refractivity contribution in [3.63, 3.8) is 0 Å². The van der Waals surface area contributed by atoms with Gasteiger partial charge in [0.2, 0.25) is 10.0 Å². The molecule has 112 valence electrons. The van der Waals surface area contributed by atoms with Crippen molar-refractivity contribution in [3.8, 4) is 0 Å². The van der Waals surface area contributed by atoms with Crippen LogP contribution in [-0.4, -0.2) is 44.5 Å². The molecule has 19 heavy (non-hydrogen) atoms. The van der Waals surface area contributed by atoms with Crippen LogP contribution in [0, 0.1) is 5.41 Å². The first-order valence-corrected chi connectivity index (χ1v) is 8.85. The Bertz CT molecular complexity index is 387. The fourth-order valence-corrected chi connectivity index (χ4v) is 4.19. The highest BCUT2D eigenvalue weighted by molar-refractivity contribution is 7.90. The molecule has 6 heteroatoms. The van der Waals surface area contributed by atoms with Gasteiger partial charge in [-0.15, -0.1) is 0 Å². The van der Waals surface area contributed by atoms with Gasteiger partial charge in [-0.05, 0) is 32.6 Å². The molecule has 5 nitrogen and oxygen atoms in total. The van der Waals surface area contributed by atoms with Crippen LogP contribution in [0.1, 0.15) is 45.4 Å². The Morgan fingerprint density at radius 2 is 1.95 bits per heavy atom. The van der Waals surface area contributed by atoms with Crippen LogP contribution >= 0.6 is 0 Å². The van der Waals surface area contributed by atoms with Crippen molar-refractivity contribution >= 4 is 10.0 Å². The highest BCUT2D eigenvalue weighted by Crippen LogP contribution is 2.36. The minimum atomic E-state index is -3.08. The summed E-state index contributed by atoms with van der Waals surface area (Å²) in [4.78, 5) is 0. The molecule has 0 saturated heterocycles. The smallest absolute Gasteiger partial charge is 0.214 e. The third kappa shape index (κ3) is 4.15. The highest BCUT2D eigenvalue weighted by Gasteiger charge is 2.36. The van der Waals surface area contributed by atoms with Gasteiger partial charge < -0.3 is 10.4 Å². The van der Waals surface area contributed by atoms with Gasteiger partial charge in [0, 0.05) is 31.2 Å². The lowest BCUT2D eigenvalue weighted by Gasteiger charge is -2.28. The predicted octanol–water partition coefficient (Wildman–Crippen LogP) is 0.599. The minimum absolute atomic E-state index is 0.0175. The molecule has 0 amide bonds. The lowest BCUT2D eigenvalue weighted by molar-refractivity contribution is 0.125. The maximum atomic E-state index is 11.7. The maximum absolute atomic E-state index is 11.7. The van der Waals surface area contributed by atoms with Crippen LogP contribution in [0.25, 0.3) is 0 Å². The molecule has 2 aliphatic carbocycles. The van der Waals surface area contributed by atoms with Gasteiger partial charge in [0.15, 0.2) is 0 Å². The van der Waals surface area contributed by atoms with E-state index in [1.54, 1.807) is 0 Å². The van der Waals surface area contributed by atoms with E-state index in [9.17, 15) is 13.5 Å². The molecule has 0 radical (unpaired) electrons. The summed E-state index contributed by atoms with van der Waals surface area (Å²) in [5.74, 6) is 0. The van der Waals surface area contributed by atoms with Gasteiger partial charge in [-0.1, -0.05) is 12.8 Å². The predicted molar refractivity (Wildman–Crippen MR) is 75.4 cm³/mol. The molecule has 1 unspecified atom stereocenters. The second-order valence-electron chi connectivity index (χ2n) is 6.24. The number of rotatable bonds is 8. The molecule has 2 aliphatic rings. The average molecular weight is 290 g/mol. The van der Waals surface area contributed by atoms with E-state index >= 15 is 0 Å². The van der Waals surface area contributed by atoms with Crippen molar-refractivity contribution in [1.82, 2.24) is 10.0 Å². The van der Waals surface area contributed by atoms with Crippen molar-refractivity contribution in [3.05, 3.63) is 0 Å². The van der Waals surface area contributed by atoms with Crippen LogP contribution in [0.2, 0.25) is 0 Å². The number of aliphatic hydroxyl groups excluding tert-OH is 1. The van der Waals surface area contributed by atoms with Gasteiger partial charge in [-0.3, -0.25) is 0 Å². The van der Waals surface area contributed by atoms with Crippen LogP contribution < -0.4 is 10.0 Å². The van der Waals surface area contributed by atoms with Crippen molar-refractivity contribution in [1.29, 1.82) is 0 Å². The number of aliphatic hydroxyl groups is 1. The average Bonchev–Trinajstić information content (AvgIpc) is 3.15. The fraction of sp³-hybridized carbons (Fsp3) is 1.00. The van der Waals surface area contributed by atoms with E-state index in [4.69, 9.17) is 0 Å². The van der Waals surface area contributed by atoms with Gasteiger partial charge in [0.05, 0.1) is 5.25 Å². The first-order chi connectivity index (χ1) is 8.97. The molecule has 0 bridgehead atoms. The van der Waals surface area contributed by atoms with Crippen LogP contribution in [0.5, 0.6) is 0 Å². The molecule has 0 heterocycles. The van der Waals surface area contributed by atoms with Gasteiger partial charge in [0.25, 0.3) is 0 Å². The van der Waals surface area contributed by atoms with E-state index in [2.05, 4.69) is 10.0 Å². The topological polar surface area (TPSA) is 78.4 Å². The second-order valence-corrected chi connectivity index (χ2v) is 8.29. The Morgan fingerprint density at radius 3 is 2.47 bits per heavy atom. The van der Waals surface area contributed by atoms with Gasteiger partial charge >= 0.3 is 0 Å². The third-order valence-electron chi connectivity index (χ3n) is 4.38. The zero-order valence-electron chi connectivity index (χ0n) is 11.7. The Morgan fingerprint density at radius 1 is 1.32 bits per heavy atom. The Hall–Kier alpha value is -0.170. The van der Waals surface area contributed by atoms with E-state index in [1.165, 1.54) is 12.8 Å². The first kappa shape index (κ1) is 15.2. The first-order valence-electron chi connectivity index (χ1n) is 7.30. The summed E-state index contributed by atoms with van der Waals surface area (Å²) in [5, 5.41) is 12.7. The molecule has 0 aromatic heterocycles. The third-order valence-corrected chi connectivity index (χ3v) is 6.30. The van der Waals surface area contributed by atoms with Gasteiger partial charge in [0.1, 0.15) is 0 Å². The fourth-order valence-electron chi connectivity index (χ4n) is 2.72. The molecular formula is C13H26N2O3S. The molecule has 0 aromatic carbocycles. The van der Waals surface area contributed by atoms with Crippen molar-refractivity contribution < 1.29 is 13.5 Å². The van der Waals surface area contributed by atoms with E-state index in [-0.39, 0.29) is 23.3 Å². The molecule has 2 rings (SSSR count). The standard InChI is InChI=1S/C13H26N2O3S/c1-11(8-15-19(17,18)12-4-5-12)14-9-13(10-16)6-2-3-7-13/h11-12,14-16H,2-10H2,1H3. The number of sulfonamides is 1. The molecule has 3 N–H and O–H groups in total. The van der Waals surface area contributed by atoms with Crippen LogP contribution in [0.4, 0.5) is 0 Å². The van der Waals surface area contributed by atoms with E-state index < -0.39 is 10.0 Å². The summed E-state index contributed by atoms with van der Waals surface area (Å²) in [6, 6.07) is 0.0950. The van der Waals surface area contributed by atoms with E-state index in [0.29, 0.717) is 6.54 Å². The molecule has 2 saturated carbocycles. The zero-order valence-corrected chi connectivity index (χ0v) is 12.5. The zero-order chi connectivity index (χ0) is 13.9. The summed E-state index contributed by atoms with van der Waals surface area (Å²) >= 11 is 0. The van der Waals surface area contributed by atoms with E-state index in [1.807, 2.05) is 6.92 Å². The maximum Gasteiger partial charge on any atom is 0.214 e. The molecular weight excluding hydrogens is 264 g/mol. The Kier molecular flexibility index (Phi) is 4.87. The minimum Gasteiger partial charge on any atom is -0.396 e. The summed E-state index contributed by atoms with van der Waals surface area (Å²) in [6.45, 7) is 3.41. The number of nitrogens with one attached hydrogen (secondary N) is 2. The molecule has 1 atom stereocenters. The molecule has 2 fully saturated rings. The molecule has 0 aromatic rings. The van der Waals surface area contributed by atoms with Crippen LogP contribution in [0.3, 0.4) is 0 Å². The Labute approximate surface area is 116 Å². The number of hydrogen-bond donors (Lipinski definition) is 3. The summed E-state index contributed by atoms with van der Waals surface area (Å²) in [7, 11) is -3.08. The lowest BCUT2D eigenvalue weighted by Crippen LogP contribution is -2.45. The van der Waals surface area contributed by atoms with Crippen LogP contribution in [0.15, 0.2) is 0 Å². The lowest BCUT2D eigenvalue weighted by atomic mass is 9.87. The van der Waals surface area contributed by atoms with Crippen molar-refractivity contribution in [2.24, 2.45) is 5.41 Å². The highest BCUT2D eigenvalue weighted by atomic mass is 32.2. The number of hydrogen-bond acceptors (Lipinski definition) is 4. The monoisotopic (exact) mass is 290 g/mol.